The molecule has 0 amide bonds. The van der Waals surface area contributed by atoms with Crippen molar-refractivity contribution in [2.75, 3.05) is 19.7 Å². The zero-order chi connectivity index (χ0) is 21.8. The maximum Gasteiger partial charge on any atom is 0.310 e. The molecule has 1 aliphatic rings. The van der Waals surface area contributed by atoms with E-state index in [1.165, 1.54) is 6.07 Å². The van der Waals surface area contributed by atoms with Crippen LogP contribution in [0, 0.1) is 18.7 Å². The summed E-state index contributed by atoms with van der Waals surface area (Å²) in [4.78, 5) is 18.5. The van der Waals surface area contributed by atoms with E-state index < -0.39 is 0 Å². The molecule has 3 heterocycles. The molecular weight excluding hydrogens is 397 g/mol. The van der Waals surface area contributed by atoms with Crippen molar-refractivity contribution in [3.63, 3.8) is 0 Å². The van der Waals surface area contributed by atoms with Gasteiger partial charge < -0.3 is 4.74 Å². The van der Waals surface area contributed by atoms with Crippen LogP contribution >= 0.6 is 0 Å². The van der Waals surface area contributed by atoms with Gasteiger partial charge in [0.05, 0.1) is 23.9 Å². The van der Waals surface area contributed by atoms with E-state index >= 15 is 0 Å². The average molecular weight is 423 g/mol. The minimum absolute atomic E-state index is 0.126. The topological polar surface area (TPSA) is 73.1 Å². The number of esters is 1. The van der Waals surface area contributed by atoms with Crippen molar-refractivity contribution < 1.29 is 13.9 Å². The van der Waals surface area contributed by atoms with Crippen LogP contribution in [0.15, 0.2) is 42.7 Å². The van der Waals surface area contributed by atoms with Gasteiger partial charge in [0.25, 0.3) is 0 Å². The molecule has 2 aromatic heterocycles. The highest BCUT2D eigenvalue weighted by atomic mass is 19.1. The molecule has 0 saturated carbocycles. The largest absolute Gasteiger partial charge is 0.466 e. The molecule has 8 heteroatoms. The van der Waals surface area contributed by atoms with Crippen molar-refractivity contribution in [1.29, 1.82) is 0 Å². The maximum absolute atomic E-state index is 14.2. The lowest BCUT2D eigenvalue weighted by Gasteiger charge is -2.31. The number of carbonyl (C=O) groups excluding carboxylic acids is 1. The summed E-state index contributed by atoms with van der Waals surface area (Å²) in [6.07, 6.45) is 5.18. The van der Waals surface area contributed by atoms with Crippen LogP contribution in [0.2, 0.25) is 0 Å². The molecule has 0 aliphatic carbocycles. The molecule has 1 aliphatic heterocycles. The van der Waals surface area contributed by atoms with Gasteiger partial charge in [0.2, 0.25) is 0 Å². The van der Waals surface area contributed by atoms with E-state index in [-0.39, 0.29) is 17.7 Å². The number of rotatable bonds is 6. The first-order chi connectivity index (χ1) is 15.1. The second-order valence-electron chi connectivity index (χ2n) is 7.79. The summed E-state index contributed by atoms with van der Waals surface area (Å²) in [6.45, 7) is 5.99. The van der Waals surface area contributed by atoms with E-state index in [2.05, 4.69) is 20.2 Å². The van der Waals surface area contributed by atoms with Crippen LogP contribution in [0.3, 0.4) is 0 Å². The SMILES string of the molecule is CCOC(=O)C1CCCN(Cc2nnn(-c3ccc(C)c(F)c3)c2-c2ccncc2)C1. The molecule has 162 valence electrons. The quantitative estimate of drug-likeness (QED) is 0.565. The number of aromatic nitrogens is 4. The van der Waals surface area contributed by atoms with Crippen LogP contribution in [-0.2, 0) is 16.1 Å². The van der Waals surface area contributed by atoms with E-state index in [1.54, 1.807) is 30.1 Å². The second-order valence-corrected chi connectivity index (χ2v) is 7.79. The fourth-order valence-electron chi connectivity index (χ4n) is 3.98. The minimum Gasteiger partial charge on any atom is -0.466 e. The molecule has 7 nitrogen and oxygen atoms in total. The van der Waals surface area contributed by atoms with Crippen LogP contribution < -0.4 is 0 Å². The molecule has 0 N–H and O–H groups in total. The first-order valence-corrected chi connectivity index (χ1v) is 10.6. The van der Waals surface area contributed by atoms with Gasteiger partial charge in [-0.05, 0) is 63.1 Å². The molecule has 3 aromatic rings. The Kier molecular flexibility index (Phi) is 6.36. The summed E-state index contributed by atoms with van der Waals surface area (Å²) in [5, 5.41) is 8.78. The van der Waals surface area contributed by atoms with E-state index in [4.69, 9.17) is 4.74 Å². The summed E-state index contributed by atoms with van der Waals surface area (Å²) in [5.41, 5.74) is 3.65. The van der Waals surface area contributed by atoms with Crippen molar-refractivity contribution in [3.05, 3.63) is 59.8 Å². The normalized spacial score (nSPS) is 16.9. The molecule has 1 unspecified atom stereocenters. The minimum atomic E-state index is -0.288. The predicted molar refractivity (Wildman–Crippen MR) is 114 cm³/mol. The Morgan fingerprint density at radius 1 is 1.26 bits per heavy atom. The fraction of sp³-hybridized carbons (Fsp3) is 0.391. The Hall–Kier alpha value is -3.13. The lowest BCUT2D eigenvalue weighted by molar-refractivity contribution is -0.150. The molecule has 31 heavy (non-hydrogen) atoms. The molecule has 1 saturated heterocycles. The number of halogens is 1. The standard InChI is InChI=1S/C23H26FN5O2/c1-3-31-23(30)18-5-4-12-28(14-18)15-21-22(17-8-10-25-11-9-17)29(27-26-21)19-7-6-16(2)20(24)13-19/h6-11,13,18H,3-5,12,14-15H2,1-2H3. The Bertz CT molecular complexity index is 1050. The van der Waals surface area contributed by atoms with Gasteiger partial charge in [0, 0.05) is 31.0 Å². The van der Waals surface area contributed by atoms with E-state index in [0.717, 1.165) is 36.3 Å². The number of pyridine rings is 1. The van der Waals surface area contributed by atoms with Crippen LogP contribution in [0.4, 0.5) is 4.39 Å². The number of nitrogens with zero attached hydrogens (tertiary/aromatic N) is 5. The molecule has 0 radical (unpaired) electrons. The van der Waals surface area contributed by atoms with Crippen molar-refractivity contribution in [2.45, 2.75) is 33.2 Å². The van der Waals surface area contributed by atoms with Gasteiger partial charge >= 0.3 is 5.97 Å². The Morgan fingerprint density at radius 3 is 2.81 bits per heavy atom. The van der Waals surface area contributed by atoms with Crippen LogP contribution in [0.25, 0.3) is 16.9 Å². The summed E-state index contributed by atoms with van der Waals surface area (Å²) in [5.74, 6) is -0.553. The highest BCUT2D eigenvalue weighted by Gasteiger charge is 2.28. The number of carbonyl (C=O) groups is 1. The molecule has 1 fully saturated rings. The average Bonchev–Trinajstić information content (AvgIpc) is 3.20. The zero-order valence-electron chi connectivity index (χ0n) is 17.8. The lowest BCUT2D eigenvalue weighted by Crippen LogP contribution is -2.39. The Balaban J connectivity index is 1.66. The van der Waals surface area contributed by atoms with Crippen molar-refractivity contribution >= 4 is 5.97 Å². The monoisotopic (exact) mass is 423 g/mol. The number of ether oxygens (including phenoxy) is 1. The van der Waals surface area contributed by atoms with Gasteiger partial charge in [0.1, 0.15) is 11.5 Å². The summed E-state index contributed by atoms with van der Waals surface area (Å²) >= 11 is 0. The Labute approximate surface area is 180 Å². The summed E-state index contributed by atoms with van der Waals surface area (Å²) < 4.78 is 21.1. The summed E-state index contributed by atoms with van der Waals surface area (Å²) in [7, 11) is 0. The number of hydrogen-bond donors (Lipinski definition) is 0. The van der Waals surface area contributed by atoms with Crippen LogP contribution in [0.5, 0.6) is 0 Å². The third kappa shape index (κ3) is 4.64. The molecule has 4 rings (SSSR count). The smallest absolute Gasteiger partial charge is 0.310 e. The maximum atomic E-state index is 14.2. The fourth-order valence-corrected chi connectivity index (χ4v) is 3.98. The Morgan fingerprint density at radius 2 is 2.06 bits per heavy atom. The van der Waals surface area contributed by atoms with Gasteiger partial charge in [-0.25, -0.2) is 9.07 Å². The molecule has 1 aromatic carbocycles. The third-order valence-electron chi connectivity index (χ3n) is 5.59. The number of piperidine rings is 1. The molecular formula is C23H26FN5O2. The molecule has 0 spiro atoms. The highest BCUT2D eigenvalue weighted by Crippen LogP contribution is 2.28. The van der Waals surface area contributed by atoms with Crippen molar-refractivity contribution in [3.8, 4) is 16.9 Å². The molecule has 0 bridgehead atoms. The van der Waals surface area contributed by atoms with Crippen molar-refractivity contribution in [1.82, 2.24) is 24.9 Å². The lowest BCUT2D eigenvalue weighted by atomic mass is 9.98. The molecule has 1 atom stereocenters. The first-order valence-electron chi connectivity index (χ1n) is 10.6. The number of aryl methyl sites for hydroxylation is 1. The summed E-state index contributed by atoms with van der Waals surface area (Å²) in [6, 6.07) is 8.81. The van der Waals surface area contributed by atoms with Gasteiger partial charge in [-0.2, -0.15) is 0 Å². The second kappa shape index (κ2) is 9.34. The predicted octanol–water partition coefficient (Wildman–Crippen LogP) is 3.55. The van der Waals surface area contributed by atoms with Gasteiger partial charge in [-0.3, -0.25) is 14.7 Å². The van der Waals surface area contributed by atoms with Crippen LogP contribution in [-0.4, -0.2) is 50.5 Å². The van der Waals surface area contributed by atoms with E-state index in [0.29, 0.717) is 30.9 Å². The number of benzene rings is 1. The third-order valence-corrected chi connectivity index (χ3v) is 5.59. The number of hydrogen-bond acceptors (Lipinski definition) is 6. The van der Waals surface area contributed by atoms with Gasteiger partial charge in [0.15, 0.2) is 0 Å². The highest BCUT2D eigenvalue weighted by molar-refractivity contribution is 5.72. The first kappa shape index (κ1) is 21.1. The number of likely N-dealkylation sites (tertiary alicyclic amines) is 1. The van der Waals surface area contributed by atoms with Crippen molar-refractivity contribution in [2.24, 2.45) is 5.92 Å². The van der Waals surface area contributed by atoms with Gasteiger partial charge in [-0.1, -0.05) is 11.3 Å². The zero-order valence-corrected chi connectivity index (χ0v) is 17.8. The van der Waals surface area contributed by atoms with Gasteiger partial charge in [-0.15, -0.1) is 5.10 Å². The van der Waals surface area contributed by atoms with Crippen LogP contribution in [0.1, 0.15) is 31.0 Å². The van der Waals surface area contributed by atoms with E-state index in [9.17, 15) is 9.18 Å². The van der Waals surface area contributed by atoms with E-state index in [1.807, 2.05) is 25.1 Å².